The van der Waals surface area contributed by atoms with Crippen molar-refractivity contribution in [2.45, 2.75) is 36.6 Å². The molecule has 0 amide bonds. The van der Waals surface area contributed by atoms with Gasteiger partial charge < -0.3 is 5.73 Å². The molecule has 2 rings (SSSR count). The van der Waals surface area contributed by atoms with Crippen LogP contribution in [-0.4, -0.2) is 14.5 Å². The molecule has 1 fully saturated rings. The highest BCUT2D eigenvalue weighted by Gasteiger charge is 2.26. The number of nitrogen functional groups attached to an aromatic ring is 1. The average molecular weight is 258 g/mol. The Bertz CT molecular complexity index is 490. The first-order chi connectivity index (χ1) is 8.00. The molecule has 0 heterocycles. The smallest absolute Gasteiger partial charge is 0.245 e. The number of sulfonamides is 1. The minimum Gasteiger partial charge on any atom is -0.398 e. The van der Waals surface area contributed by atoms with Crippen molar-refractivity contribution in [3.05, 3.63) is 24.0 Å². The van der Waals surface area contributed by atoms with E-state index < -0.39 is 20.7 Å². The van der Waals surface area contributed by atoms with Crippen LogP contribution in [0.5, 0.6) is 0 Å². The summed E-state index contributed by atoms with van der Waals surface area (Å²) >= 11 is 0. The second kappa shape index (κ2) is 4.62. The predicted molar refractivity (Wildman–Crippen MR) is 63.4 cm³/mol. The van der Waals surface area contributed by atoms with E-state index in [1.807, 2.05) is 0 Å². The average Bonchev–Trinajstić information content (AvgIpc) is 2.68. The maximum atomic E-state index is 13.5. The largest absolute Gasteiger partial charge is 0.398 e. The number of benzene rings is 1. The van der Waals surface area contributed by atoms with Crippen LogP contribution in [0.4, 0.5) is 10.1 Å². The minimum atomic E-state index is -3.86. The van der Waals surface area contributed by atoms with Gasteiger partial charge in [0, 0.05) is 6.04 Å². The van der Waals surface area contributed by atoms with Crippen molar-refractivity contribution in [2.24, 2.45) is 0 Å². The van der Waals surface area contributed by atoms with E-state index in [2.05, 4.69) is 4.72 Å². The molecule has 1 saturated carbocycles. The lowest BCUT2D eigenvalue weighted by molar-refractivity contribution is 0.538. The van der Waals surface area contributed by atoms with Crippen LogP contribution in [0.2, 0.25) is 0 Å². The van der Waals surface area contributed by atoms with E-state index in [4.69, 9.17) is 5.73 Å². The molecule has 0 aromatic heterocycles. The Morgan fingerprint density at radius 3 is 2.53 bits per heavy atom. The maximum Gasteiger partial charge on any atom is 0.245 e. The molecule has 6 heteroatoms. The van der Waals surface area contributed by atoms with Gasteiger partial charge in [-0.2, -0.15) is 0 Å². The number of anilines is 1. The molecule has 3 N–H and O–H groups in total. The first kappa shape index (κ1) is 12.3. The van der Waals surface area contributed by atoms with Crippen molar-refractivity contribution in [3.63, 3.8) is 0 Å². The van der Waals surface area contributed by atoms with E-state index in [9.17, 15) is 12.8 Å². The summed E-state index contributed by atoms with van der Waals surface area (Å²) in [6.07, 6.45) is 3.60. The molecule has 1 aromatic rings. The molecule has 0 spiro atoms. The van der Waals surface area contributed by atoms with Crippen LogP contribution >= 0.6 is 0 Å². The molecule has 1 aromatic carbocycles. The van der Waals surface area contributed by atoms with Gasteiger partial charge in [-0.15, -0.1) is 0 Å². The van der Waals surface area contributed by atoms with E-state index >= 15 is 0 Å². The second-order valence-electron chi connectivity index (χ2n) is 4.26. The lowest BCUT2D eigenvalue weighted by Crippen LogP contribution is -2.33. The van der Waals surface area contributed by atoms with Gasteiger partial charge >= 0.3 is 0 Å². The van der Waals surface area contributed by atoms with Gasteiger partial charge in [0.1, 0.15) is 10.7 Å². The molecule has 1 aliphatic rings. The molecule has 94 valence electrons. The molecular weight excluding hydrogens is 243 g/mol. The van der Waals surface area contributed by atoms with Crippen LogP contribution < -0.4 is 10.5 Å². The highest BCUT2D eigenvalue weighted by Crippen LogP contribution is 2.24. The Morgan fingerprint density at radius 2 is 1.94 bits per heavy atom. The SMILES string of the molecule is Nc1cccc(F)c1S(=O)(=O)NC1CCCC1. The molecule has 0 bridgehead atoms. The first-order valence-corrected chi connectivity index (χ1v) is 7.05. The molecule has 0 atom stereocenters. The van der Waals surface area contributed by atoms with E-state index in [0.717, 1.165) is 31.7 Å². The van der Waals surface area contributed by atoms with Gasteiger partial charge in [0.25, 0.3) is 0 Å². The monoisotopic (exact) mass is 258 g/mol. The molecule has 4 nitrogen and oxygen atoms in total. The number of rotatable bonds is 3. The number of nitrogens with two attached hydrogens (primary N) is 1. The molecular formula is C11H15FN2O2S. The van der Waals surface area contributed by atoms with Crippen molar-refractivity contribution < 1.29 is 12.8 Å². The Labute approximate surface area is 100 Å². The summed E-state index contributed by atoms with van der Waals surface area (Å²) in [6, 6.07) is 3.77. The zero-order chi connectivity index (χ0) is 12.5. The normalized spacial score (nSPS) is 17.5. The van der Waals surface area contributed by atoms with Gasteiger partial charge in [0.2, 0.25) is 10.0 Å². The third kappa shape index (κ3) is 2.58. The third-order valence-corrected chi connectivity index (χ3v) is 4.55. The number of hydrogen-bond acceptors (Lipinski definition) is 3. The predicted octanol–water partition coefficient (Wildman–Crippen LogP) is 1.63. The van der Waals surface area contributed by atoms with E-state index in [1.54, 1.807) is 0 Å². The Balaban J connectivity index is 2.31. The van der Waals surface area contributed by atoms with Crippen molar-refractivity contribution in [3.8, 4) is 0 Å². The number of hydrogen-bond donors (Lipinski definition) is 2. The fraction of sp³-hybridized carbons (Fsp3) is 0.455. The number of halogens is 1. The van der Waals surface area contributed by atoms with Gasteiger partial charge in [-0.1, -0.05) is 18.9 Å². The van der Waals surface area contributed by atoms with E-state index in [-0.39, 0.29) is 11.7 Å². The summed E-state index contributed by atoms with van der Waals surface area (Å²) in [5.74, 6) is -0.810. The van der Waals surface area contributed by atoms with Crippen LogP contribution in [0.15, 0.2) is 23.1 Å². The maximum absolute atomic E-state index is 13.5. The summed E-state index contributed by atoms with van der Waals surface area (Å²) in [5.41, 5.74) is 5.46. The fourth-order valence-corrected chi connectivity index (χ4v) is 3.63. The van der Waals surface area contributed by atoms with Crippen molar-refractivity contribution >= 4 is 15.7 Å². The topological polar surface area (TPSA) is 72.2 Å². The van der Waals surface area contributed by atoms with Crippen LogP contribution in [0.1, 0.15) is 25.7 Å². The zero-order valence-electron chi connectivity index (χ0n) is 9.32. The minimum absolute atomic E-state index is 0.0597. The van der Waals surface area contributed by atoms with Gasteiger partial charge in [-0.25, -0.2) is 17.5 Å². The standard InChI is InChI=1S/C11H15FN2O2S/c12-9-6-3-7-10(13)11(9)17(15,16)14-8-4-1-2-5-8/h3,6-8,14H,1-2,4-5,13H2. The lowest BCUT2D eigenvalue weighted by atomic mass is 10.3. The lowest BCUT2D eigenvalue weighted by Gasteiger charge is -2.14. The van der Waals surface area contributed by atoms with Crippen molar-refractivity contribution in [1.82, 2.24) is 4.72 Å². The second-order valence-corrected chi connectivity index (χ2v) is 5.91. The summed E-state index contributed by atoms with van der Waals surface area (Å²) in [4.78, 5) is -0.438. The van der Waals surface area contributed by atoms with Crippen LogP contribution in [0.3, 0.4) is 0 Å². The van der Waals surface area contributed by atoms with Crippen molar-refractivity contribution in [1.29, 1.82) is 0 Å². The third-order valence-electron chi connectivity index (χ3n) is 2.94. The molecule has 0 radical (unpaired) electrons. The van der Waals surface area contributed by atoms with Gasteiger partial charge in [0.15, 0.2) is 0 Å². The molecule has 1 aliphatic carbocycles. The molecule has 0 aliphatic heterocycles. The summed E-state index contributed by atoms with van der Waals surface area (Å²) < 4.78 is 40.0. The van der Waals surface area contributed by atoms with Crippen molar-refractivity contribution in [2.75, 3.05) is 5.73 Å². The zero-order valence-corrected chi connectivity index (χ0v) is 10.1. The quantitative estimate of drug-likeness (QED) is 0.809. The van der Waals surface area contributed by atoms with Gasteiger partial charge in [-0.3, -0.25) is 0 Å². The highest BCUT2D eigenvalue weighted by molar-refractivity contribution is 7.89. The molecule has 0 saturated heterocycles. The first-order valence-electron chi connectivity index (χ1n) is 5.57. The Hall–Kier alpha value is -1.14. The summed E-state index contributed by atoms with van der Waals surface area (Å²) in [6.45, 7) is 0. The molecule has 0 unspecified atom stereocenters. The van der Waals surface area contributed by atoms with Crippen LogP contribution in [-0.2, 0) is 10.0 Å². The van der Waals surface area contributed by atoms with E-state index in [1.165, 1.54) is 12.1 Å². The van der Waals surface area contributed by atoms with E-state index in [0.29, 0.717) is 0 Å². The van der Waals surface area contributed by atoms with Gasteiger partial charge in [0.05, 0.1) is 5.69 Å². The Morgan fingerprint density at radius 1 is 1.29 bits per heavy atom. The summed E-state index contributed by atoms with van der Waals surface area (Å²) in [5, 5.41) is 0. The molecule has 17 heavy (non-hydrogen) atoms. The number of nitrogens with one attached hydrogen (secondary N) is 1. The summed E-state index contributed by atoms with van der Waals surface area (Å²) in [7, 11) is -3.86. The van der Waals surface area contributed by atoms with Crippen LogP contribution in [0.25, 0.3) is 0 Å². The van der Waals surface area contributed by atoms with Gasteiger partial charge in [-0.05, 0) is 25.0 Å². The highest BCUT2D eigenvalue weighted by atomic mass is 32.2. The van der Waals surface area contributed by atoms with Crippen LogP contribution in [0, 0.1) is 5.82 Å². The Kier molecular flexibility index (Phi) is 3.35. The fourth-order valence-electron chi connectivity index (χ4n) is 2.13.